The summed E-state index contributed by atoms with van der Waals surface area (Å²) in [5.41, 5.74) is -1.30. The predicted molar refractivity (Wildman–Crippen MR) is 44.6 cm³/mol. The number of alkyl halides is 1. The maximum Gasteiger partial charge on any atom is 0.356 e. The molecule has 0 aromatic carbocycles. The van der Waals surface area contributed by atoms with Crippen LogP contribution in [-0.2, 0) is 9.30 Å². The van der Waals surface area contributed by atoms with E-state index in [1.54, 1.807) is 0 Å². The second-order valence-corrected chi connectivity index (χ2v) is 5.07. The van der Waals surface area contributed by atoms with Crippen molar-refractivity contribution in [3.05, 3.63) is 0 Å². The lowest BCUT2D eigenvalue weighted by Gasteiger charge is -2.21. The fourth-order valence-electron chi connectivity index (χ4n) is 1.10. The summed E-state index contributed by atoms with van der Waals surface area (Å²) in [5.74, 6) is -2.20. The number of halogens is 1. The van der Waals surface area contributed by atoms with Crippen LogP contribution in [0.3, 0.4) is 0 Å². The minimum absolute atomic E-state index is 1.30. The van der Waals surface area contributed by atoms with E-state index in [-0.39, 0.29) is 0 Å². The first kappa shape index (κ1) is 12.4. The highest BCUT2D eigenvalue weighted by atomic mass is 35.5. The van der Waals surface area contributed by atoms with Crippen LogP contribution >= 0.6 is 19.2 Å². The third-order valence-corrected chi connectivity index (χ3v) is 3.22. The lowest BCUT2D eigenvalue weighted by molar-refractivity contribution is -0.0320. The monoisotopic (exact) mass is 248 g/mol. The van der Waals surface area contributed by atoms with Gasteiger partial charge in [0.1, 0.15) is 18.3 Å². The van der Waals surface area contributed by atoms with E-state index in [0.29, 0.717) is 0 Å². The molecule has 5 N–H and O–H groups in total. The largest absolute Gasteiger partial charge is 0.387 e. The highest BCUT2D eigenvalue weighted by Crippen LogP contribution is 2.45. The van der Waals surface area contributed by atoms with Gasteiger partial charge in [-0.1, -0.05) is 11.6 Å². The lowest BCUT2D eigenvalue weighted by atomic mass is 10.1. The maximum atomic E-state index is 10.6. The van der Waals surface area contributed by atoms with Crippen molar-refractivity contribution in [3.8, 4) is 0 Å². The number of aliphatic hydroxyl groups excluding tert-OH is 3. The SMILES string of the molecule is O=P(O)(O)C(O)[C@H]1OC(Cl)[C@H](O)[C@@H]1O. The van der Waals surface area contributed by atoms with Crippen molar-refractivity contribution in [1.82, 2.24) is 0 Å². The van der Waals surface area contributed by atoms with Gasteiger partial charge in [-0.25, -0.2) is 0 Å². The molecule has 9 heteroatoms. The Bertz CT molecular complexity index is 254. The Morgan fingerprint density at radius 3 is 2.07 bits per heavy atom. The van der Waals surface area contributed by atoms with Crippen molar-refractivity contribution in [2.75, 3.05) is 0 Å². The molecule has 0 aliphatic carbocycles. The quantitative estimate of drug-likeness (QED) is 0.287. The molecule has 0 radical (unpaired) electrons. The first-order valence-corrected chi connectivity index (χ1v) is 5.76. The molecule has 0 spiro atoms. The third kappa shape index (κ3) is 2.26. The standard InChI is InChI=1S/C5H10ClO7P/c6-4-2(8)1(7)3(13-4)5(9)14(10,11)12/h1-5,7-9H,(H2,10,11,12)/t1-,2+,3-,4?,5?/m0/s1. The smallest absolute Gasteiger partial charge is 0.356 e. The van der Waals surface area contributed by atoms with Crippen LogP contribution in [-0.4, -0.2) is 54.8 Å². The van der Waals surface area contributed by atoms with E-state index < -0.39 is 37.3 Å². The van der Waals surface area contributed by atoms with Gasteiger partial charge in [0.2, 0.25) is 0 Å². The van der Waals surface area contributed by atoms with E-state index in [9.17, 15) is 9.67 Å². The Kier molecular flexibility index (Phi) is 3.56. The molecule has 1 aliphatic heterocycles. The fraction of sp³-hybridized carbons (Fsp3) is 1.00. The Labute approximate surface area is 84.0 Å². The molecule has 5 atom stereocenters. The van der Waals surface area contributed by atoms with E-state index in [4.69, 9.17) is 31.6 Å². The average molecular weight is 249 g/mol. The molecule has 1 saturated heterocycles. The van der Waals surface area contributed by atoms with E-state index >= 15 is 0 Å². The maximum absolute atomic E-state index is 10.6. The predicted octanol–water partition coefficient (Wildman–Crippen LogP) is -1.83. The number of ether oxygens (including phenoxy) is 1. The summed E-state index contributed by atoms with van der Waals surface area (Å²) in [6.07, 6.45) is -4.70. The van der Waals surface area contributed by atoms with Crippen LogP contribution in [0.4, 0.5) is 0 Å². The third-order valence-electron chi connectivity index (χ3n) is 1.88. The summed E-state index contributed by atoms with van der Waals surface area (Å²) in [7, 11) is -4.80. The van der Waals surface area contributed by atoms with Crippen molar-refractivity contribution in [1.29, 1.82) is 0 Å². The average Bonchev–Trinajstić information content (AvgIpc) is 2.30. The zero-order valence-electron chi connectivity index (χ0n) is 6.76. The van der Waals surface area contributed by atoms with Gasteiger partial charge in [-0.2, -0.15) is 0 Å². The topological polar surface area (TPSA) is 127 Å². The molecular weight excluding hydrogens is 238 g/mol. The molecule has 1 heterocycles. The molecule has 0 saturated carbocycles. The summed E-state index contributed by atoms with van der Waals surface area (Å²) < 4.78 is 15.2. The minimum Gasteiger partial charge on any atom is -0.387 e. The first-order chi connectivity index (χ1) is 6.25. The van der Waals surface area contributed by atoms with Crippen molar-refractivity contribution < 1.29 is 34.4 Å². The molecule has 14 heavy (non-hydrogen) atoms. The summed E-state index contributed by atoms with van der Waals surface area (Å²) in [5, 5.41) is 27.4. The van der Waals surface area contributed by atoms with Crippen LogP contribution in [0, 0.1) is 0 Å². The van der Waals surface area contributed by atoms with Gasteiger partial charge in [-0.15, -0.1) is 0 Å². The van der Waals surface area contributed by atoms with Gasteiger partial charge in [-0.3, -0.25) is 4.57 Å². The lowest BCUT2D eigenvalue weighted by Crippen LogP contribution is -2.38. The molecule has 84 valence electrons. The van der Waals surface area contributed by atoms with Crippen LogP contribution in [0.2, 0.25) is 0 Å². The van der Waals surface area contributed by atoms with E-state index in [1.165, 1.54) is 0 Å². The van der Waals surface area contributed by atoms with Gasteiger partial charge in [0.15, 0.2) is 11.4 Å². The van der Waals surface area contributed by atoms with Crippen LogP contribution in [0.15, 0.2) is 0 Å². The summed E-state index contributed by atoms with van der Waals surface area (Å²) in [6, 6.07) is 0. The van der Waals surface area contributed by atoms with Gasteiger partial charge in [0.25, 0.3) is 0 Å². The second-order valence-electron chi connectivity index (χ2n) is 2.94. The van der Waals surface area contributed by atoms with E-state index in [1.807, 2.05) is 0 Å². The van der Waals surface area contributed by atoms with Crippen molar-refractivity contribution in [3.63, 3.8) is 0 Å². The van der Waals surface area contributed by atoms with Gasteiger partial charge in [0, 0.05) is 0 Å². The molecule has 0 amide bonds. The Morgan fingerprint density at radius 1 is 1.29 bits per heavy atom. The molecule has 1 rings (SSSR count). The highest BCUT2D eigenvalue weighted by molar-refractivity contribution is 7.52. The number of hydrogen-bond acceptors (Lipinski definition) is 5. The molecule has 2 unspecified atom stereocenters. The normalized spacial score (nSPS) is 41.3. The minimum atomic E-state index is -4.80. The van der Waals surface area contributed by atoms with E-state index in [0.717, 1.165) is 0 Å². The Hall–Kier alpha value is 0.280. The molecule has 1 fully saturated rings. The number of aliphatic hydroxyl groups is 3. The van der Waals surface area contributed by atoms with Crippen molar-refractivity contribution >= 4 is 19.2 Å². The van der Waals surface area contributed by atoms with Crippen LogP contribution in [0.5, 0.6) is 0 Å². The summed E-state index contributed by atoms with van der Waals surface area (Å²) >= 11 is 5.35. The molecule has 0 aromatic heterocycles. The number of hydrogen-bond donors (Lipinski definition) is 5. The second kappa shape index (κ2) is 4.03. The number of rotatable bonds is 2. The zero-order chi connectivity index (χ0) is 11.1. The van der Waals surface area contributed by atoms with Gasteiger partial charge >= 0.3 is 7.60 Å². The van der Waals surface area contributed by atoms with Gasteiger partial charge in [0.05, 0.1) is 0 Å². The fourth-order valence-corrected chi connectivity index (χ4v) is 2.00. The first-order valence-electron chi connectivity index (χ1n) is 3.64. The van der Waals surface area contributed by atoms with Crippen LogP contribution in [0.1, 0.15) is 0 Å². The van der Waals surface area contributed by atoms with Crippen molar-refractivity contribution in [2.24, 2.45) is 0 Å². The summed E-state index contributed by atoms with van der Waals surface area (Å²) in [4.78, 5) is 17.2. The van der Waals surface area contributed by atoms with Crippen molar-refractivity contribution in [2.45, 2.75) is 29.7 Å². The van der Waals surface area contributed by atoms with Crippen LogP contribution in [0.25, 0.3) is 0 Å². The Morgan fingerprint density at radius 2 is 1.79 bits per heavy atom. The summed E-state index contributed by atoms with van der Waals surface area (Å²) in [6.45, 7) is 0. The van der Waals surface area contributed by atoms with Crippen LogP contribution < -0.4 is 0 Å². The van der Waals surface area contributed by atoms with E-state index in [2.05, 4.69) is 4.74 Å². The highest BCUT2D eigenvalue weighted by Gasteiger charge is 2.50. The van der Waals surface area contributed by atoms with Gasteiger partial charge < -0.3 is 29.8 Å². The molecule has 0 aromatic rings. The van der Waals surface area contributed by atoms with Gasteiger partial charge in [-0.05, 0) is 0 Å². The molecule has 7 nitrogen and oxygen atoms in total. The Balaban J connectivity index is 2.76. The molecule has 0 bridgehead atoms. The molecule has 1 aliphatic rings. The zero-order valence-corrected chi connectivity index (χ0v) is 8.41. The molecular formula is C5H10ClO7P.